The normalized spacial score (nSPS) is 14.4. The van der Waals surface area contributed by atoms with Gasteiger partial charge in [-0.3, -0.25) is 13.8 Å². The standard InChI is InChI=1S/C65H119N2O6P/c1-6-8-10-12-14-16-18-20-22-24-26-28-30-32-33-35-36-38-40-42-44-46-48-50-52-54-56-58-64(68)63(62-73-74(70,71)72-61-60-67(3,4)5)66-65(69)59-57-55-53-51-49-47-45-43-41-39-37-34-31-29-27-25-23-21-19-17-15-13-11-9-7-2/h9,11,15,17,21,23,27,29,34,37,48,50,56,58,63-64,68H,6-8,10,12-14,16,18-20,22,24-26,28,30-33,35-36,38-47,49,51-55,57,59-62H2,1-5H3,(H-,66,69,70,71)/p+1/b11-9-,17-15-,23-21-,29-27-,37-34-,50-48+,58-56+. The second kappa shape index (κ2) is 55.4. The highest BCUT2D eigenvalue weighted by Gasteiger charge is 2.27. The van der Waals surface area contributed by atoms with Gasteiger partial charge in [0.25, 0.3) is 0 Å². The average molecular weight is 1060 g/mol. The number of likely N-dealkylation sites (N-methyl/N-ethyl adjacent to an activating group) is 1. The van der Waals surface area contributed by atoms with Crippen molar-refractivity contribution in [1.82, 2.24) is 5.32 Å². The third kappa shape index (κ3) is 57.4. The van der Waals surface area contributed by atoms with Gasteiger partial charge in [0.05, 0.1) is 39.9 Å². The zero-order valence-electron chi connectivity index (χ0n) is 49.1. The van der Waals surface area contributed by atoms with Crippen molar-refractivity contribution in [2.45, 2.75) is 283 Å². The van der Waals surface area contributed by atoms with Crippen LogP contribution < -0.4 is 5.32 Å². The lowest BCUT2D eigenvalue weighted by molar-refractivity contribution is -0.870. The van der Waals surface area contributed by atoms with E-state index in [0.29, 0.717) is 17.4 Å². The Morgan fingerprint density at radius 1 is 0.473 bits per heavy atom. The third-order valence-electron chi connectivity index (χ3n) is 13.6. The molecule has 0 saturated carbocycles. The number of unbranched alkanes of at least 4 members (excludes halogenated alkanes) is 31. The van der Waals surface area contributed by atoms with Crippen molar-refractivity contribution in [1.29, 1.82) is 0 Å². The Bertz CT molecular complexity index is 1480. The molecule has 1 amide bonds. The highest BCUT2D eigenvalue weighted by atomic mass is 31.2. The van der Waals surface area contributed by atoms with Crippen molar-refractivity contribution < 1.29 is 32.9 Å². The summed E-state index contributed by atoms with van der Waals surface area (Å²) in [6, 6.07) is -0.873. The van der Waals surface area contributed by atoms with E-state index in [1.165, 1.54) is 173 Å². The molecule has 0 aromatic carbocycles. The van der Waals surface area contributed by atoms with E-state index in [4.69, 9.17) is 9.05 Å². The van der Waals surface area contributed by atoms with Crippen LogP contribution in [0.3, 0.4) is 0 Å². The van der Waals surface area contributed by atoms with E-state index < -0.39 is 20.0 Å². The van der Waals surface area contributed by atoms with Crippen molar-refractivity contribution in [3.63, 3.8) is 0 Å². The van der Waals surface area contributed by atoms with Crippen LogP contribution in [-0.2, 0) is 18.4 Å². The fourth-order valence-corrected chi connectivity index (χ4v) is 9.53. The summed E-state index contributed by atoms with van der Waals surface area (Å²) >= 11 is 0. The lowest BCUT2D eigenvalue weighted by atomic mass is 10.0. The monoisotopic (exact) mass is 1060 g/mol. The molecule has 9 heteroatoms. The van der Waals surface area contributed by atoms with Gasteiger partial charge in [0.15, 0.2) is 0 Å². The molecular weight excluding hydrogens is 936 g/mol. The number of phosphoric acid groups is 1. The molecule has 3 N–H and O–H groups in total. The van der Waals surface area contributed by atoms with Crippen LogP contribution >= 0.6 is 7.82 Å². The summed E-state index contributed by atoms with van der Waals surface area (Å²) < 4.78 is 23.7. The minimum atomic E-state index is -4.37. The van der Waals surface area contributed by atoms with Crippen LogP contribution in [0, 0.1) is 0 Å². The van der Waals surface area contributed by atoms with Crippen LogP contribution in [-0.4, -0.2) is 73.4 Å². The smallest absolute Gasteiger partial charge is 0.387 e. The molecule has 0 radical (unpaired) electrons. The number of nitrogens with zero attached hydrogens (tertiary/aromatic N) is 1. The minimum Gasteiger partial charge on any atom is -0.387 e. The van der Waals surface area contributed by atoms with Crippen LogP contribution in [0.4, 0.5) is 0 Å². The molecule has 0 aromatic rings. The lowest BCUT2D eigenvalue weighted by Crippen LogP contribution is -2.45. The van der Waals surface area contributed by atoms with Crippen LogP contribution in [0.2, 0.25) is 0 Å². The number of nitrogens with one attached hydrogen (secondary N) is 1. The molecule has 3 atom stereocenters. The fraction of sp³-hybridized carbons (Fsp3) is 0.769. The molecule has 8 nitrogen and oxygen atoms in total. The topological polar surface area (TPSA) is 105 Å². The number of quaternary nitrogens is 1. The van der Waals surface area contributed by atoms with Crippen molar-refractivity contribution in [3.8, 4) is 0 Å². The average Bonchev–Trinajstić information content (AvgIpc) is 3.36. The molecule has 0 aliphatic carbocycles. The number of carbonyl (C=O) groups excluding carboxylic acids is 1. The maximum Gasteiger partial charge on any atom is 0.472 e. The van der Waals surface area contributed by atoms with E-state index >= 15 is 0 Å². The first-order chi connectivity index (χ1) is 36.0. The van der Waals surface area contributed by atoms with Crippen molar-refractivity contribution in [2.75, 3.05) is 40.9 Å². The summed E-state index contributed by atoms with van der Waals surface area (Å²) in [7, 11) is 1.55. The Morgan fingerprint density at radius 3 is 1.24 bits per heavy atom. The van der Waals surface area contributed by atoms with E-state index in [0.717, 1.165) is 77.0 Å². The summed E-state index contributed by atoms with van der Waals surface area (Å²) in [6.07, 6.45) is 78.4. The Morgan fingerprint density at radius 2 is 0.824 bits per heavy atom. The Balaban J connectivity index is 4.23. The number of aliphatic hydroxyl groups excluding tert-OH is 1. The number of hydrogen-bond donors (Lipinski definition) is 3. The van der Waals surface area contributed by atoms with E-state index in [-0.39, 0.29) is 19.1 Å². The van der Waals surface area contributed by atoms with Gasteiger partial charge in [-0.2, -0.15) is 0 Å². The van der Waals surface area contributed by atoms with Gasteiger partial charge in [0, 0.05) is 6.42 Å². The molecule has 0 bridgehead atoms. The van der Waals surface area contributed by atoms with Crippen LogP contribution in [0.1, 0.15) is 271 Å². The largest absolute Gasteiger partial charge is 0.472 e. The quantitative estimate of drug-likeness (QED) is 0.0243. The third-order valence-corrected chi connectivity index (χ3v) is 14.6. The van der Waals surface area contributed by atoms with Gasteiger partial charge >= 0.3 is 7.82 Å². The predicted molar refractivity (Wildman–Crippen MR) is 323 cm³/mol. The molecule has 0 aliphatic rings. The number of hydrogen-bond acceptors (Lipinski definition) is 5. The number of phosphoric ester groups is 1. The van der Waals surface area contributed by atoms with Crippen LogP contribution in [0.25, 0.3) is 0 Å². The first kappa shape index (κ1) is 71.7. The number of allylic oxidation sites excluding steroid dienone is 13. The summed E-state index contributed by atoms with van der Waals surface area (Å²) in [6.45, 7) is 4.70. The Hall–Kier alpha value is -2.32. The maximum atomic E-state index is 13.0. The van der Waals surface area contributed by atoms with Crippen molar-refractivity contribution in [3.05, 3.63) is 85.1 Å². The first-order valence-corrected chi connectivity index (χ1v) is 32.5. The fourth-order valence-electron chi connectivity index (χ4n) is 8.79. The Labute approximate surface area is 458 Å². The Kier molecular flexibility index (Phi) is 53.7. The molecule has 0 aliphatic heterocycles. The van der Waals surface area contributed by atoms with Crippen LogP contribution in [0.5, 0.6) is 0 Å². The lowest BCUT2D eigenvalue weighted by Gasteiger charge is -2.25. The molecule has 0 fully saturated rings. The van der Waals surface area contributed by atoms with Gasteiger partial charge < -0.3 is 19.8 Å². The minimum absolute atomic E-state index is 0.0513. The second-order valence-corrected chi connectivity index (χ2v) is 23.5. The molecule has 0 saturated heterocycles. The molecule has 0 spiro atoms. The van der Waals surface area contributed by atoms with Gasteiger partial charge in [-0.15, -0.1) is 0 Å². The van der Waals surface area contributed by atoms with Gasteiger partial charge in [-0.1, -0.05) is 272 Å². The van der Waals surface area contributed by atoms with E-state index in [2.05, 4.69) is 92.1 Å². The predicted octanol–water partition coefficient (Wildman–Crippen LogP) is 19.2. The van der Waals surface area contributed by atoms with E-state index in [9.17, 15) is 19.4 Å². The van der Waals surface area contributed by atoms with E-state index in [1.807, 2.05) is 27.2 Å². The van der Waals surface area contributed by atoms with Gasteiger partial charge in [-0.05, 0) is 77.0 Å². The summed E-state index contributed by atoms with van der Waals surface area (Å²) in [4.78, 5) is 23.3. The van der Waals surface area contributed by atoms with Crippen LogP contribution in [0.15, 0.2) is 85.1 Å². The van der Waals surface area contributed by atoms with Gasteiger partial charge in [0.2, 0.25) is 5.91 Å². The molecule has 430 valence electrons. The SMILES string of the molecule is CC/C=C\C/C=C\C/C=C\C/C=C\C/C=C\CCCCCCCCCCCC(=O)NC(COP(=O)(O)OCC[N+](C)(C)C)C(O)/C=C/CC/C=C/CCCCCCCCCCCCCCCCCCCCCCC. The first-order valence-electron chi connectivity index (χ1n) is 31.0. The summed E-state index contributed by atoms with van der Waals surface area (Å²) in [5.41, 5.74) is 0. The number of amides is 1. The summed E-state index contributed by atoms with van der Waals surface area (Å²) in [5.74, 6) is -0.194. The zero-order chi connectivity index (χ0) is 54.2. The summed E-state index contributed by atoms with van der Waals surface area (Å²) in [5, 5.41) is 13.9. The highest BCUT2D eigenvalue weighted by Crippen LogP contribution is 2.43. The second-order valence-electron chi connectivity index (χ2n) is 22.0. The maximum absolute atomic E-state index is 13.0. The van der Waals surface area contributed by atoms with Gasteiger partial charge in [0.1, 0.15) is 13.2 Å². The van der Waals surface area contributed by atoms with Crippen molar-refractivity contribution >= 4 is 13.7 Å². The van der Waals surface area contributed by atoms with Crippen molar-refractivity contribution in [2.24, 2.45) is 0 Å². The molecule has 0 aromatic heterocycles. The van der Waals surface area contributed by atoms with Gasteiger partial charge in [-0.25, -0.2) is 4.57 Å². The number of aliphatic hydroxyl groups is 1. The molecule has 0 heterocycles. The zero-order valence-corrected chi connectivity index (χ0v) is 50.0. The number of carbonyl (C=O) groups is 1. The molecular formula is C65H120N2O6P+. The molecule has 3 unspecified atom stereocenters. The highest BCUT2D eigenvalue weighted by molar-refractivity contribution is 7.47. The van der Waals surface area contributed by atoms with E-state index in [1.54, 1.807) is 6.08 Å². The molecule has 74 heavy (non-hydrogen) atoms. The number of rotatable bonds is 56. The molecule has 0 rings (SSSR count).